The van der Waals surface area contributed by atoms with Gasteiger partial charge in [0, 0.05) is 9.92 Å². The third kappa shape index (κ3) is 16.8. The molecule has 0 heterocycles. The summed E-state index contributed by atoms with van der Waals surface area (Å²) in [5.74, 6) is 0.715. The molecule has 0 amide bonds. The number of thioether (sulfide) groups is 1. The van der Waals surface area contributed by atoms with E-state index >= 15 is 0 Å². The van der Waals surface area contributed by atoms with Crippen LogP contribution in [0.5, 0.6) is 0 Å². The summed E-state index contributed by atoms with van der Waals surface area (Å²) in [6.07, 6.45) is 1.08. The summed E-state index contributed by atoms with van der Waals surface area (Å²) in [7, 11) is -11.0. The molecule has 0 fully saturated rings. The van der Waals surface area contributed by atoms with Gasteiger partial charge < -0.3 is 34.0 Å². The Morgan fingerprint density at radius 2 is 1.38 bits per heavy atom. The number of unbranched alkanes of at least 4 members (excludes halogenated alkanes) is 1. The van der Waals surface area contributed by atoms with E-state index < -0.39 is 20.7 Å². The normalized spacial score (nSPS) is 10.8. The van der Waals surface area contributed by atoms with Crippen molar-refractivity contribution in [3.8, 4) is 0 Å². The largest absolute Gasteiger partial charge is 1.00 e. The van der Waals surface area contributed by atoms with Gasteiger partial charge in [-0.25, -0.2) is 0 Å². The first-order chi connectivity index (χ1) is 10.1. The van der Waals surface area contributed by atoms with Gasteiger partial charge >= 0.3 is 118 Å². The zero-order chi connectivity index (χ0) is 16.8. The molecule has 7 nitrogen and oxygen atoms in total. The Morgan fingerprint density at radius 3 is 1.81 bits per heavy atom. The second-order valence-electron chi connectivity index (χ2n) is 4.42. The molecule has 15 heteroatoms. The van der Waals surface area contributed by atoms with E-state index in [9.17, 15) is 28.7 Å². The first kappa shape index (κ1) is 37.4. The van der Waals surface area contributed by atoms with Crippen molar-refractivity contribution in [1.29, 1.82) is 0 Å². The summed E-state index contributed by atoms with van der Waals surface area (Å²) in [6, 6.07) is 7.24. The molecule has 1 aromatic rings. The van der Waals surface area contributed by atoms with Crippen LogP contribution in [0.2, 0.25) is 5.02 Å². The molecule has 0 aromatic heterocycles. The van der Waals surface area contributed by atoms with Crippen LogP contribution < -0.4 is 143 Å². The Labute approximate surface area is 251 Å². The Bertz CT molecular complexity index is 554. The van der Waals surface area contributed by atoms with Gasteiger partial charge in [0.1, 0.15) is 0 Å². The predicted molar refractivity (Wildman–Crippen MR) is 78.4 cm³/mol. The number of rotatable bonds is 9. The topological polar surface area (TPSA) is 138 Å². The van der Waals surface area contributed by atoms with Crippen LogP contribution in [0.15, 0.2) is 29.2 Å². The molecule has 0 aliphatic carbocycles. The van der Waals surface area contributed by atoms with Gasteiger partial charge in [-0.2, -0.15) is 0 Å². The first-order valence-corrected chi connectivity index (χ1v) is 10.8. The molecule has 0 atom stereocenters. The quantitative estimate of drug-likeness (QED) is 0.160. The maximum absolute atomic E-state index is 10.7. The fourth-order valence-electron chi connectivity index (χ4n) is 1.58. The molecule has 0 saturated carbocycles. The summed E-state index contributed by atoms with van der Waals surface area (Å²) < 4.78 is 21.5. The van der Waals surface area contributed by atoms with Crippen LogP contribution >= 0.6 is 38.6 Å². The van der Waals surface area contributed by atoms with Gasteiger partial charge in [0.25, 0.3) is 0 Å². The van der Waals surface area contributed by atoms with Crippen molar-refractivity contribution in [2.75, 3.05) is 12.3 Å². The van der Waals surface area contributed by atoms with E-state index in [-0.39, 0.29) is 125 Å². The van der Waals surface area contributed by atoms with E-state index in [0.29, 0.717) is 23.6 Å². The van der Waals surface area contributed by atoms with E-state index in [1.807, 2.05) is 17.4 Å². The second-order valence-corrected chi connectivity index (χ2v) is 9.62. The van der Waals surface area contributed by atoms with E-state index in [0.717, 1.165) is 4.90 Å². The molecule has 0 radical (unpaired) electrons. The monoisotopic (exact) mass is 477 g/mol. The maximum atomic E-state index is 10.7. The number of halogens is 1. The van der Waals surface area contributed by atoms with Crippen molar-refractivity contribution in [3.63, 3.8) is 0 Å². The molecule has 0 saturated heterocycles. The van der Waals surface area contributed by atoms with Crippen molar-refractivity contribution in [3.05, 3.63) is 29.3 Å². The average Bonchev–Trinajstić information content (AvgIpc) is 2.36. The Hall–Kier alpha value is 4.12. The molecule has 0 spiro atoms. The van der Waals surface area contributed by atoms with Crippen molar-refractivity contribution in [2.45, 2.75) is 23.3 Å². The predicted octanol–water partition coefficient (Wildman–Crippen LogP) is -12.1. The zero-order valence-corrected chi connectivity index (χ0v) is 26.7. The summed E-state index contributed by atoms with van der Waals surface area (Å²) in [5.41, 5.74) is -2.58. The smallest absolute Gasteiger partial charge is 0.809 e. The van der Waals surface area contributed by atoms with E-state index in [2.05, 4.69) is 0 Å². The molecule has 0 unspecified atom stereocenters. The fraction of sp³-hybridized carbons (Fsp3) is 0.455. The van der Waals surface area contributed by atoms with Crippen LogP contribution in [-0.2, 0) is 9.13 Å². The average molecular weight is 478 g/mol. The van der Waals surface area contributed by atoms with Crippen molar-refractivity contribution in [1.82, 2.24) is 5.32 Å². The number of hydrogen-bond donors (Lipinski definition) is 1. The SMILES string of the molecule is O=P([O-])([O-])C(NCCCCSc1ccc(Cl)cc1)P(=O)([O-])[O-].[Na+].[Na+].[Na+].[Na+]. The second kappa shape index (κ2) is 18.7. The summed E-state index contributed by atoms with van der Waals surface area (Å²) in [6.45, 7) is -0.0468. The summed E-state index contributed by atoms with van der Waals surface area (Å²) in [4.78, 5) is 43.9. The van der Waals surface area contributed by atoms with Crippen LogP contribution in [0.4, 0.5) is 0 Å². The molecule has 0 aliphatic heterocycles. The van der Waals surface area contributed by atoms with E-state index in [4.69, 9.17) is 11.6 Å². The first-order valence-electron chi connectivity index (χ1n) is 6.26. The van der Waals surface area contributed by atoms with E-state index in [1.54, 1.807) is 23.9 Å². The van der Waals surface area contributed by atoms with Crippen LogP contribution in [0.3, 0.4) is 0 Å². The van der Waals surface area contributed by atoms with Gasteiger partial charge in [-0.15, -0.1) is 11.8 Å². The van der Waals surface area contributed by atoms with Crippen LogP contribution in [-0.4, -0.2) is 17.8 Å². The van der Waals surface area contributed by atoms with Crippen LogP contribution in [0, 0.1) is 0 Å². The molecular formula is C11H14ClNNa4O6P2S. The molecular weight excluding hydrogens is 464 g/mol. The summed E-state index contributed by atoms with van der Waals surface area (Å²) >= 11 is 7.31. The summed E-state index contributed by atoms with van der Waals surface area (Å²) in [5, 5.41) is 2.64. The van der Waals surface area contributed by atoms with Crippen molar-refractivity contribution in [2.24, 2.45) is 0 Å². The third-order valence-corrected chi connectivity index (χ3v) is 7.19. The Morgan fingerprint density at radius 1 is 0.923 bits per heavy atom. The molecule has 1 rings (SSSR count). The molecule has 1 N–H and O–H groups in total. The van der Waals surface area contributed by atoms with Gasteiger partial charge in [0.15, 0.2) is 0 Å². The molecule has 0 bridgehead atoms. The molecule has 26 heavy (non-hydrogen) atoms. The number of nitrogens with one attached hydrogen (secondary N) is 1. The number of hydrogen-bond acceptors (Lipinski definition) is 8. The Balaban J connectivity index is -0.000000605. The van der Waals surface area contributed by atoms with Crippen molar-refractivity contribution < 1.29 is 147 Å². The van der Waals surface area contributed by atoms with Gasteiger partial charge in [-0.3, -0.25) is 0 Å². The minimum atomic E-state index is -5.52. The van der Waals surface area contributed by atoms with Gasteiger partial charge in [-0.1, -0.05) is 11.6 Å². The zero-order valence-electron chi connectivity index (χ0n) is 15.3. The minimum Gasteiger partial charge on any atom is -0.809 e. The molecule has 126 valence electrons. The van der Waals surface area contributed by atoms with Gasteiger partial charge in [0.05, 0.1) is 5.52 Å². The van der Waals surface area contributed by atoms with Crippen LogP contribution in [0.1, 0.15) is 12.8 Å². The fourth-order valence-corrected chi connectivity index (χ4v) is 4.71. The molecule has 1 aromatic carbocycles. The van der Waals surface area contributed by atoms with Crippen LogP contribution in [0.25, 0.3) is 0 Å². The van der Waals surface area contributed by atoms with Crippen molar-refractivity contribution >= 4 is 38.6 Å². The van der Waals surface area contributed by atoms with E-state index in [1.165, 1.54) is 0 Å². The minimum absolute atomic E-state index is 0. The van der Waals surface area contributed by atoms with Gasteiger partial charge in [0.2, 0.25) is 0 Å². The van der Waals surface area contributed by atoms with Gasteiger partial charge in [-0.05, 0) is 64.6 Å². The maximum Gasteiger partial charge on any atom is 1.00 e. The standard InChI is InChI=1S/C11H18ClNO6P2S.4Na/c12-9-3-5-10(6-4-9)22-8-2-1-7-13-11(20(14,15)16)21(17,18)19;;;;/h3-6,11,13H,1-2,7-8H2,(H2,14,15,16)(H2,17,18,19);;;;/q;4*+1/p-4. The number of benzene rings is 1. The third-order valence-electron chi connectivity index (χ3n) is 2.58. The Kier molecular flexibility index (Phi) is 26.9. The molecule has 0 aliphatic rings.